The Morgan fingerprint density at radius 2 is 1.28 bits per heavy atom. The number of rotatable bonds is 8. The van der Waals surface area contributed by atoms with Crippen LogP contribution in [-0.4, -0.2) is 115 Å². The van der Waals surface area contributed by atoms with Gasteiger partial charge in [0.25, 0.3) is 0 Å². The Balaban J connectivity index is 0.000000204. The van der Waals surface area contributed by atoms with Gasteiger partial charge < -0.3 is 38.6 Å². The fourth-order valence-electron chi connectivity index (χ4n) is 13.8. The summed E-state index contributed by atoms with van der Waals surface area (Å²) in [4.78, 5) is 51.4. The number of hydrogen-bond donors (Lipinski definition) is 2. The summed E-state index contributed by atoms with van der Waals surface area (Å²) in [5.74, 6) is -2.29. The summed E-state index contributed by atoms with van der Waals surface area (Å²) in [5, 5.41) is 22.7. The Hall–Kier alpha value is -2.52. The number of Topliss-reactive ketones (excluding diaryl/α,β-unsaturated/α-hetero) is 2. The minimum absolute atomic E-state index is 0. The standard InChI is InChI=1S/C21H30O7.C21H30O5.CH4.O2Se/c1-6-26-17-11(3)8-9-19(27-7-2)18(5)10-13(22)28-21(17,19)20(25)12(4)14(23)15(24)16(18)20;1-6-24-18-12(3)8-9-20(25-7-2)19(5)11-16(23)26-21(18,20)17-13(4)15(22)10-14(17)19;;1-3-2/h11,16-17,23,25H,6-10H2,1-5H3;12,14,18H,6-11H2,1-5H3;1H4;/t11?,16-,17?,18?,19?,20?,21?;;;/m1.../s1. The van der Waals surface area contributed by atoms with Crippen molar-refractivity contribution in [3.05, 3.63) is 22.5 Å². The first-order valence-electron chi connectivity index (χ1n) is 20.6. The van der Waals surface area contributed by atoms with Crippen LogP contribution in [0.25, 0.3) is 0 Å². The first kappa shape index (κ1) is 46.5. The monoisotopic (exact) mass is 884 g/mol. The Kier molecular flexibility index (Phi) is 12.6. The van der Waals surface area contributed by atoms with Gasteiger partial charge in [-0.1, -0.05) is 35.1 Å². The average Bonchev–Trinajstić information content (AvgIpc) is 3.60. The molecule has 8 aliphatic rings. The number of aliphatic hydroxyl groups is 2. The molecule has 2 saturated heterocycles. The maximum atomic E-state index is 13.2. The van der Waals surface area contributed by atoms with Gasteiger partial charge >= 0.3 is 34.4 Å². The Bertz CT molecular complexity index is 1820. The van der Waals surface area contributed by atoms with E-state index in [0.29, 0.717) is 45.7 Å². The van der Waals surface area contributed by atoms with Crippen molar-refractivity contribution in [2.75, 3.05) is 26.4 Å². The van der Waals surface area contributed by atoms with Crippen LogP contribution in [0.3, 0.4) is 0 Å². The predicted molar refractivity (Wildman–Crippen MR) is 208 cm³/mol. The third-order valence-corrected chi connectivity index (χ3v) is 15.6. The molecule has 58 heavy (non-hydrogen) atoms. The van der Waals surface area contributed by atoms with Gasteiger partial charge in [-0.25, -0.2) is 0 Å². The predicted octanol–water partition coefficient (Wildman–Crippen LogP) is 5.29. The van der Waals surface area contributed by atoms with E-state index >= 15 is 0 Å². The molecule has 0 amide bonds. The van der Waals surface area contributed by atoms with Crippen molar-refractivity contribution in [3.8, 4) is 0 Å². The summed E-state index contributed by atoms with van der Waals surface area (Å²) >= 11 is -1.62. The summed E-state index contributed by atoms with van der Waals surface area (Å²) in [5.41, 5.74) is -5.69. The fourth-order valence-corrected chi connectivity index (χ4v) is 13.8. The van der Waals surface area contributed by atoms with Crippen LogP contribution in [-0.2, 0) is 55.3 Å². The number of allylic oxidation sites excluding steroid dienone is 2. The van der Waals surface area contributed by atoms with E-state index in [9.17, 15) is 29.4 Å². The van der Waals surface area contributed by atoms with Gasteiger partial charge in [0.2, 0.25) is 11.4 Å². The van der Waals surface area contributed by atoms with Crippen LogP contribution in [0.15, 0.2) is 22.5 Å². The second-order valence-corrected chi connectivity index (χ2v) is 18.0. The third kappa shape index (κ3) is 5.31. The van der Waals surface area contributed by atoms with Crippen LogP contribution >= 0.6 is 0 Å². The molecule has 4 bridgehead atoms. The quantitative estimate of drug-likeness (QED) is 0.236. The molecule has 0 aromatic rings. The molecule has 13 atom stereocenters. The van der Waals surface area contributed by atoms with E-state index < -0.39 is 83.2 Å². The van der Waals surface area contributed by atoms with Crippen molar-refractivity contribution in [2.24, 2.45) is 34.5 Å². The molecule has 6 aliphatic carbocycles. The van der Waals surface area contributed by atoms with Gasteiger partial charge in [0.05, 0.1) is 18.8 Å². The molecule has 0 spiro atoms. The van der Waals surface area contributed by atoms with Gasteiger partial charge in [0, 0.05) is 55.2 Å². The number of carbonyl (C=O) groups is 4. The van der Waals surface area contributed by atoms with Crippen molar-refractivity contribution in [3.63, 3.8) is 0 Å². The molecule has 4 saturated carbocycles. The molecule has 2 N–H and O–H groups in total. The fraction of sp³-hybridized carbons (Fsp3) is 0.814. The zero-order valence-corrected chi connectivity index (χ0v) is 36.7. The number of esters is 2. The number of ketones is 2. The van der Waals surface area contributed by atoms with Crippen molar-refractivity contribution in [1.82, 2.24) is 0 Å². The van der Waals surface area contributed by atoms with Gasteiger partial charge in [0.15, 0.2) is 17.1 Å². The van der Waals surface area contributed by atoms with Gasteiger partial charge in [-0.05, 0) is 90.2 Å². The molecule has 14 nitrogen and oxygen atoms in total. The van der Waals surface area contributed by atoms with Crippen molar-refractivity contribution in [2.45, 2.75) is 162 Å². The molecule has 12 unspecified atom stereocenters. The van der Waals surface area contributed by atoms with Crippen LogP contribution in [0, 0.1) is 34.5 Å². The molecular weight excluding hydrogens is 819 g/mol. The van der Waals surface area contributed by atoms with E-state index in [1.165, 1.54) is 0 Å². The van der Waals surface area contributed by atoms with E-state index in [-0.39, 0.29) is 55.0 Å². The van der Waals surface area contributed by atoms with E-state index in [0.717, 1.165) is 30.4 Å². The normalized spacial score (nSPS) is 45.4. The molecule has 326 valence electrons. The minimum atomic E-state index is -1.88. The zero-order valence-electron chi connectivity index (χ0n) is 34.9. The number of ether oxygens (including phenoxy) is 6. The number of aliphatic hydroxyl groups excluding tert-OH is 1. The summed E-state index contributed by atoms with van der Waals surface area (Å²) < 4.78 is 54.5. The average molecular weight is 884 g/mol. The van der Waals surface area contributed by atoms with Gasteiger partial charge in [-0.3, -0.25) is 19.2 Å². The second kappa shape index (κ2) is 15.7. The first-order valence-corrected chi connectivity index (χ1v) is 22.0. The molecule has 2 heterocycles. The van der Waals surface area contributed by atoms with Crippen LogP contribution in [0.2, 0.25) is 0 Å². The molecule has 6 fully saturated rings. The molecule has 0 aromatic heterocycles. The molecule has 0 aromatic carbocycles. The van der Waals surface area contributed by atoms with Gasteiger partial charge in [-0.2, -0.15) is 0 Å². The Morgan fingerprint density at radius 3 is 1.84 bits per heavy atom. The Labute approximate surface area is 348 Å². The summed E-state index contributed by atoms with van der Waals surface area (Å²) in [6.07, 6.45) is 2.85. The third-order valence-electron chi connectivity index (χ3n) is 15.6. The second-order valence-electron chi connectivity index (χ2n) is 17.7. The van der Waals surface area contributed by atoms with Crippen LogP contribution in [0.4, 0.5) is 0 Å². The van der Waals surface area contributed by atoms with Crippen molar-refractivity contribution < 1.29 is 65.5 Å². The van der Waals surface area contributed by atoms with Crippen LogP contribution in [0.1, 0.15) is 122 Å². The van der Waals surface area contributed by atoms with Gasteiger partial charge in [0.1, 0.15) is 29.0 Å². The van der Waals surface area contributed by atoms with Crippen LogP contribution < -0.4 is 0 Å². The van der Waals surface area contributed by atoms with Crippen LogP contribution in [0.5, 0.6) is 0 Å². The molecule has 0 radical (unpaired) electrons. The van der Waals surface area contributed by atoms with Crippen molar-refractivity contribution >= 4 is 38.3 Å². The molecular formula is C43H64O14Se. The Morgan fingerprint density at radius 1 is 0.776 bits per heavy atom. The summed E-state index contributed by atoms with van der Waals surface area (Å²) in [6, 6.07) is 0. The van der Waals surface area contributed by atoms with E-state index in [4.69, 9.17) is 36.1 Å². The number of carbonyl (C=O) groups excluding carboxylic acids is 4. The number of fused-ring (bicyclic) bond motifs is 4. The SMILES string of the molecule is C.CCOC1C(C)CCC2(OCC)C3(C)CC(=O)OC12C1(O)C(C)=C(O)C(=O)[C@H]31.CCOC1C(C)CCC2(OCC)C3(C)CC(=O)OC12C1=C(C)C(=O)CC13.O=[Se]=O. The van der Waals surface area contributed by atoms with E-state index in [2.05, 4.69) is 13.8 Å². The van der Waals surface area contributed by atoms with E-state index in [1.54, 1.807) is 6.92 Å². The molecule has 8 rings (SSSR count). The molecule has 2 aliphatic heterocycles. The topological polar surface area (TPSA) is 198 Å². The maximum absolute atomic E-state index is 13.2. The van der Waals surface area contributed by atoms with E-state index in [1.807, 2.05) is 48.5 Å². The number of hydrogen-bond acceptors (Lipinski definition) is 14. The summed E-state index contributed by atoms with van der Waals surface area (Å²) in [7, 11) is 0. The first-order chi connectivity index (χ1) is 26.8. The molecule has 15 heteroatoms. The van der Waals surface area contributed by atoms with Crippen molar-refractivity contribution in [1.29, 1.82) is 0 Å². The summed E-state index contributed by atoms with van der Waals surface area (Å²) in [6.45, 7) is 21.0. The zero-order chi connectivity index (χ0) is 42.3. The van der Waals surface area contributed by atoms with Gasteiger partial charge in [-0.15, -0.1) is 0 Å².